The summed E-state index contributed by atoms with van der Waals surface area (Å²) in [5.74, 6) is 0. The Balaban J connectivity index is 1.69. The van der Waals surface area contributed by atoms with E-state index in [0.29, 0.717) is 17.1 Å². The average Bonchev–Trinajstić information content (AvgIpc) is 2.64. The third-order valence-corrected chi connectivity index (χ3v) is 5.49. The van der Waals surface area contributed by atoms with E-state index < -0.39 is 10.0 Å². The Hall–Kier alpha value is -2.86. The van der Waals surface area contributed by atoms with Crippen LogP contribution in [-0.2, 0) is 16.6 Å². The topological polar surface area (TPSA) is 71.1 Å². The molecule has 1 heterocycles. The summed E-state index contributed by atoms with van der Waals surface area (Å²) in [4.78, 5) is 4.56. The van der Waals surface area contributed by atoms with E-state index in [0.717, 1.165) is 22.5 Å². The van der Waals surface area contributed by atoms with E-state index in [1.165, 1.54) is 0 Å². The number of hydrogen-bond acceptors (Lipinski definition) is 4. The van der Waals surface area contributed by atoms with Gasteiger partial charge in [0.2, 0.25) is 0 Å². The molecule has 0 amide bonds. The van der Waals surface area contributed by atoms with E-state index in [4.69, 9.17) is 0 Å². The third kappa shape index (κ3) is 4.40. The highest BCUT2D eigenvalue weighted by Crippen LogP contribution is 2.22. The number of benzene rings is 2. The number of sulfonamides is 1. The van der Waals surface area contributed by atoms with Crippen LogP contribution in [0.5, 0.6) is 0 Å². The van der Waals surface area contributed by atoms with Crippen LogP contribution in [-0.4, -0.2) is 13.4 Å². The van der Waals surface area contributed by atoms with Crippen molar-refractivity contribution in [2.75, 3.05) is 10.0 Å². The molecule has 0 aliphatic rings. The number of pyridine rings is 1. The summed E-state index contributed by atoms with van der Waals surface area (Å²) in [7, 11) is -3.62. The van der Waals surface area contributed by atoms with Gasteiger partial charge in [-0.05, 0) is 67.4 Å². The van der Waals surface area contributed by atoms with E-state index in [1.807, 2.05) is 49.4 Å². The summed E-state index contributed by atoms with van der Waals surface area (Å²) in [6.07, 6.45) is 1.75. The lowest BCUT2D eigenvalue weighted by Crippen LogP contribution is -2.14. The van der Waals surface area contributed by atoms with Gasteiger partial charge in [-0.2, -0.15) is 0 Å². The van der Waals surface area contributed by atoms with E-state index in [2.05, 4.69) is 15.0 Å². The van der Waals surface area contributed by atoms with Gasteiger partial charge in [0.15, 0.2) is 0 Å². The molecule has 0 aliphatic carbocycles. The summed E-state index contributed by atoms with van der Waals surface area (Å²) in [5.41, 5.74) is 3.98. The fourth-order valence-corrected chi connectivity index (χ4v) is 3.95. The first-order valence-electron chi connectivity index (χ1n) is 8.28. The number of nitrogens with zero attached hydrogens (tertiary/aromatic N) is 1. The van der Waals surface area contributed by atoms with Crippen molar-refractivity contribution in [2.24, 2.45) is 0 Å². The smallest absolute Gasteiger partial charge is 0.262 e. The predicted octanol–water partition coefficient (Wildman–Crippen LogP) is 4.11. The maximum absolute atomic E-state index is 12.6. The van der Waals surface area contributed by atoms with Crippen molar-refractivity contribution in [3.63, 3.8) is 0 Å². The SMILES string of the molecule is Cc1ccc(C)c(S(=O)(=O)Nc2ccc(NCc3ccccn3)cc2)c1. The minimum Gasteiger partial charge on any atom is -0.379 e. The molecule has 0 unspecified atom stereocenters. The third-order valence-electron chi connectivity index (χ3n) is 3.97. The first-order valence-corrected chi connectivity index (χ1v) is 9.76. The van der Waals surface area contributed by atoms with Crippen molar-refractivity contribution < 1.29 is 8.42 Å². The molecule has 1 aromatic heterocycles. The molecule has 0 aliphatic heterocycles. The van der Waals surface area contributed by atoms with Crippen LogP contribution >= 0.6 is 0 Å². The molecule has 2 N–H and O–H groups in total. The van der Waals surface area contributed by atoms with Gasteiger partial charge >= 0.3 is 0 Å². The Bertz CT molecular complexity index is 985. The lowest BCUT2D eigenvalue weighted by atomic mass is 10.2. The highest BCUT2D eigenvalue weighted by atomic mass is 32.2. The van der Waals surface area contributed by atoms with Crippen LogP contribution in [0.15, 0.2) is 71.8 Å². The predicted molar refractivity (Wildman–Crippen MR) is 105 cm³/mol. The maximum Gasteiger partial charge on any atom is 0.262 e. The van der Waals surface area contributed by atoms with Crippen LogP contribution in [0.3, 0.4) is 0 Å². The van der Waals surface area contributed by atoms with Crippen LogP contribution in [0.1, 0.15) is 16.8 Å². The van der Waals surface area contributed by atoms with Crippen LogP contribution in [0.25, 0.3) is 0 Å². The highest BCUT2D eigenvalue weighted by Gasteiger charge is 2.17. The molecule has 0 saturated carbocycles. The number of hydrogen-bond donors (Lipinski definition) is 2. The highest BCUT2D eigenvalue weighted by molar-refractivity contribution is 7.92. The molecule has 0 radical (unpaired) electrons. The molecule has 0 atom stereocenters. The first kappa shape index (κ1) is 17.9. The number of nitrogens with one attached hydrogen (secondary N) is 2. The zero-order valence-corrected chi connectivity index (χ0v) is 15.5. The van der Waals surface area contributed by atoms with Crippen molar-refractivity contribution in [2.45, 2.75) is 25.3 Å². The molecule has 26 heavy (non-hydrogen) atoms. The van der Waals surface area contributed by atoms with Crippen LogP contribution in [0.2, 0.25) is 0 Å². The normalized spacial score (nSPS) is 11.2. The van der Waals surface area contributed by atoms with Gasteiger partial charge in [-0.1, -0.05) is 18.2 Å². The maximum atomic E-state index is 12.6. The number of aryl methyl sites for hydroxylation is 2. The summed E-state index contributed by atoms with van der Waals surface area (Å²) >= 11 is 0. The molecule has 134 valence electrons. The molecule has 3 aromatic rings. The van der Waals surface area contributed by atoms with E-state index in [9.17, 15) is 8.42 Å². The van der Waals surface area contributed by atoms with Gasteiger partial charge in [0.1, 0.15) is 0 Å². The molecule has 6 heteroatoms. The van der Waals surface area contributed by atoms with Gasteiger partial charge in [0, 0.05) is 17.6 Å². The number of aromatic nitrogens is 1. The minimum atomic E-state index is -3.62. The van der Waals surface area contributed by atoms with Crippen molar-refractivity contribution in [1.29, 1.82) is 0 Å². The molecule has 0 bridgehead atoms. The van der Waals surface area contributed by atoms with E-state index in [-0.39, 0.29) is 0 Å². The van der Waals surface area contributed by atoms with Crippen molar-refractivity contribution in [1.82, 2.24) is 4.98 Å². The van der Waals surface area contributed by atoms with Crippen molar-refractivity contribution in [3.8, 4) is 0 Å². The molecule has 0 spiro atoms. The lowest BCUT2D eigenvalue weighted by molar-refractivity contribution is 0.600. The van der Waals surface area contributed by atoms with E-state index in [1.54, 1.807) is 31.3 Å². The molecule has 0 saturated heterocycles. The van der Waals surface area contributed by atoms with Gasteiger partial charge in [-0.3, -0.25) is 9.71 Å². The van der Waals surface area contributed by atoms with Gasteiger partial charge in [-0.15, -0.1) is 0 Å². The van der Waals surface area contributed by atoms with Crippen molar-refractivity contribution in [3.05, 3.63) is 83.7 Å². The summed E-state index contributed by atoms with van der Waals surface area (Å²) in [6.45, 7) is 4.27. The molecular weight excluding hydrogens is 346 g/mol. The summed E-state index contributed by atoms with van der Waals surface area (Å²) in [5, 5.41) is 3.26. The van der Waals surface area contributed by atoms with Crippen molar-refractivity contribution >= 4 is 21.4 Å². The Labute approximate surface area is 154 Å². The quantitative estimate of drug-likeness (QED) is 0.688. The van der Waals surface area contributed by atoms with Crippen LogP contribution in [0, 0.1) is 13.8 Å². The summed E-state index contributed by atoms with van der Waals surface area (Å²) < 4.78 is 27.9. The Kier molecular flexibility index (Phi) is 5.23. The molecular formula is C20H21N3O2S. The monoisotopic (exact) mass is 367 g/mol. The Morgan fingerprint density at radius 3 is 2.35 bits per heavy atom. The van der Waals surface area contributed by atoms with Crippen LogP contribution in [0.4, 0.5) is 11.4 Å². The first-order chi connectivity index (χ1) is 12.4. The van der Waals surface area contributed by atoms with Gasteiger partial charge in [0.05, 0.1) is 17.1 Å². The van der Waals surface area contributed by atoms with Gasteiger partial charge in [0.25, 0.3) is 10.0 Å². The van der Waals surface area contributed by atoms with Gasteiger partial charge in [-0.25, -0.2) is 8.42 Å². The van der Waals surface area contributed by atoms with E-state index >= 15 is 0 Å². The minimum absolute atomic E-state index is 0.301. The lowest BCUT2D eigenvalue weighted by Gasteiger charge is -2.12. The molecule has 3 rings (SSSR count). The Morgan fingerprint density at radius 2 is 1.65 bits per heavy atom. The largest absolute Gasteiger partial charge is 0.379 e. The second-order valence-corrected chi connectivity index (χ2v) is 7.78. The number of anilines is 2. The fourth-order valence-electron chi connectivity index (χ4n) is 2.56. The fraction of sp³-hybridized carbons (Fsp3) is 0.150. The second kappa shape index (κ2) is 7.58. The second-order valence-electron chi connectivity index (χ2n) is 6.13. The Morgan fingerprint density at radius 1 is 0.923 bits per heavy atom. The average molecular weight is 367 g/mol. The molecule has 0 fully saturated rings. The summed E-state index contributed by atoms with van der Waals surface area (Å²) in [6, 6.07) is 18.3. The molecule has 5 nitrogen and oxygen atoms in total. The zero-order valence-electron chi connectivity index (χ0n) is 14.7. The standard InChI is InChI=1S/C20H21N3O2S/c1-15-6-7-16(2)20(13-15)26(24,25)23-18-10-8-17(9-11-18)22-14-19-5-3-4-12-21-19/h3-13,22-23H,14H2,1-2H3. The zero-order chi connectivity index (χ0) is 18.6. The van der Waals surface area contributed by atoms with Gasteiger partial charge < -0.3 is 5.32 Å². The van der Waals surface area contributed by atoms with Crippen LogP contribution < -0.4 is 10.0 Å². The molecule has 2 aromatic carbocycles. The number of rotatable bonds is 6.